The molecule has 3 nitrogen and oxygen atoms in total. The molecule has 4 heteroatoms. The molecule has 0 unspecified atom stereocenters. The van der Waals surface area contributed by atoms with Crippen LogP contribution in [0.2, 0.25) is 0 Å². The van der Waals surface area contributed by atoms with Crippen molar-refractivity contribution >= 4 is 20.4 Å². The van der Waals surface area contributed by atoms with Crippen LogP contribution in [0.15, 0.2) is 18.2 Å². The Balaban J connectivity index is -0.0000000755. The molecule has 0 saturated heterocycles. The van der Waals surface area contributed by atoms with Crippen molar-refractivity contribution in [2.45, 2.75) is 25.7 Å². The normalized spacial score (nSPS) is 11.5. The fraction of sp³-hybridized carbons (Fsp3) is 0.364. The molecule has 0 atom stereocenters. The Morgan fingerprint density at radius 2 is 1.27 bits per heavy atom. The van der Waals surface area contributed by atoms with Gasteiger partial charge in [-0.2, -0.15) is 6.42 Å². The van der Waals surface area contributed by atoms with Crippen LogP contribution >= 0.6 is 0 Å². The number of allylic oxidation sites excluding steroid dienone is 4. The minimum Gasteiger partial charge on any atom is -0.545 e. The van der Waals surface area contributed by atoms with Crippen molar-refractivity contribution in [3.8, 4) is 0 Å². The SMILES string of the molecule is [C-]1=CCCC=CCC1.[CH-]=O.[CH-]=O.[CH-]=O.[Ru+4]. The molecule has 0 N–H and O–H groups in total. The molecule has 0 fully saturated rings. The van der Waals surface area contributed by atoms with E-state index in [0.717, 1.165) is 6.42 Å². The van der Waals surface area contributed by atoms with Gasteiger partial charge in [-0.05, 0) is 6.42 Å². The van der Waals surface area contributed by atoms with E-state index >= 15 is 0 Å². The molecule has 1 aliphatic carbocycles. The van der Waals surface area contributed by atoms with Crippen molar-refractivity contribution in [3.05, 3.63) is 24.3 Å². The zero-order valence-electron chi connectivity index (χ0n) is 8.37. The van der Waals surface area contributed by atoms with Gasteiger partial charge in [0.1, 0.15) is 0 Å². The Morgan fingerprint density at radius 1 is 0.800 bits per heavy atom. The summed E-state index contributed by atoms with van der Waals surface area (Å²) in [5, 5.41) is 0. The summed E-state index contributed by atoms with van der Waals surface area (Å²) < 4.78 is 0. The van der Waals surface area contributed by atoms with Crippen molar-refractivity contribution in [2.75, 3.05) is 0 Å². The summed E-state index contributed by atoms with van der Waals surface area (Å²) in [4.78, 5) is 23.2. The molecule has 15 heavy (non-hydrogen) atoms. The summed E-state index contributed by atoms with van der Waals surface area (Å²) in [5.74, 6) is 0. The average Bonchev–Trinajstić information content (AvgIpc) is 2.26. The molecule has 1 aliphatic rings. The smallest absolute Gasteiger partial charge is 0.545 e. The minimum atomic E-state index is 0. The predicted molar refractivity (Wildman–Crippen MR) is 55.7 cm³/mol. The molecule has 0 aromatic carbocycles. The third kappa shape index (κ3) is 32.0. The maximum absolute atomic E-state index is 7.75. The third-order valence-electron chi connectivity index (χ3n) is 1.24. The fourth-order valence-electron chi connectivity index (χ4n) is 0.786. The molecule has 0 aromatic heterocycles. The number of hydrogen-bond donors (Lipinski definition) is 0. The van der Waals surface area contributed by atoms with Gasteiger partial charge in [-0.15, -0.1) is 0 Å². The van der Waals surface area contributed by atoms with E-state index in [4.69, 9.17) is 14.4 Å². The Labute approximate surface area is 104 Å². The zero-order chi connectivity index (χ0) is 11.7. The summed E-state index contributed by atoms with van der Waals surface area (Å²) in [6.07, 6.45) is 14.5. The van der Waals surface area contributed by atoms with Gasteiger partial charge >= 0.3 is 19.5 Å². The molecule has 0 amide bonds. The van der Waals surface area contributed by atoms with Crippen LogP contribution in [0.1, 0.15) is 25.7 Å². The van der Waals surface area contributed by atoms with Crippen LogP contribution in [0, 0.1) is 6.08 Å². The van der Waals surface area contributed by atoms with E-state index in [1.54, 1.807) is 0 Å². The zero-order valence-corrected chi connectivity index (χ0v) is 10.1. The van der Waals surface area contributed by atoms with E-state index < -0.39 is 0 Å². The summed E-state index contributed by atoms with van der Waals surface area (Å²) in [7, 11) is 0. The van der Waals surface area contributed by atoms with Crippen molar-refractivity contribution in [1.82, 2.24) is 0 Å². The van der Waals surface area contributed by atoms with Crippen molar-refractivity contribution in [1.29, 1.82) is 0 Å². The molecule has 0 aromatic rings. The number of rotatable bonds is 0. The molecule has 1 rings (SSSR count). The molecule has 0 aliphatic heterocycles. The molecular weight excluding hydrogens is 281 g/mol. The van der Waals surface area contributed by atoms with E-state index in [1.807, 2.05) is 0 Å². The van der Waals surface area contributed by atoms with E-state index in [0.29, 0.717) is 0 Å². The van der Waals surface area contributed by atoms with Crippen LogP contribution in [0.25, 0.3) is 0 Å². The van der Waals surface area contributed by atoms with Crippen LogP contribution in [-0.4, -0.2) is 20.4 Å². The standard InChI is InChI=1S/C8H11.3CHO.Ru/c1-2-4-6-8-7-5-3-1;3*1-2;/h1-2,7H,3-6H2;3*1H;/q4*-1;+4. The average molecular weight is 295 g/mol. The van der Waals surface area contributed by atoms with Crippen LogP contribution in [0.3, 0.4) is 0 Å². The Kier molecular flexibility index (Phi) is 60.2. The fourth-order valence-corrected chi connectivity index (χ4v) is 0.786. The van der Waals surface area contributed by atoms with Crippen LogP contribution in [0.4, 0.5) is 0 Å². The predicted octanol–water partition coefficient (Wildman–Crippen LogP) is 1.65. The van der Waals surface area contributed by atoms with Gasteiger partial charge in [-0.25, -0.2) is 0 Å². The van der Waals surface area contributed by atoms with Gasteiger partial charge in [0, 0.05) is 0 Å². The Morgan fingerprint density at radius 3 is 1.80 bits per heavy atom. The number of carbonyl (C=O) groups excluding carboxylic acids is 3. The van der Waals surface area contributed by atoms with Crippen molar-refractivity contribution in [2.24, 2.45) is 0 Å². The van der Waals surface area contributed by atoms with Crippen molar-refractivity contribution in [3.63, 3.8) is 0 Å². The Hall–Kier alpha value is -0.887. The maximum Gasteiger partial charge on any atom is 4.00 e. The van der Waals surface area contributed by atoms with Crippen molar-refractivity contribution < 1.29 is 33.9 Å². The summed E-state index contributed by atoms with van der Waals surface area (Å²) in [6.45, 7) is 9.75. The first-order chi connectivity index (χ1) is 7.00. The van der Waals surface area contributed by atoms with Gasteiger partial charge < -0.3 is 20.5 Å². The largest absolute Gasteiger partial charge is 4.00 e. The molecule has 0 saturated carbocycles. The van der Waals surface area contributed by atoms with E-state index in [9.17, 15) is 0 Å². The van der Waals surface area contributed by atoms with Gasteiger partial charge in [-0.3, -0.25) is 26.4 Å². The van der Waals surface area contributed by atoms with E-state index in [-0.39, 0.29) is 19.5 Å². The second kappa shape index (κ2) is 38.0. The van der Waals surface area contributed by atoms with E-state index in [2.05, 4.69) is 44.7 Å². The van der Waals surface area contributed by atoms with Crippen LogP contribution in [-0.2, 0) is 33.9 Å². The topological polar surface area (TPSA) is 51.2 Å². The summed E-state index contributed by atoms with van der Waals surface area (Å²) in [5.41, 5.74) is 0. The van der Waals surface area contributed by atoms with Gasteiger partial charge in [0.25, 0.3) is 0 Å². The molecule has 0 spiro atoms. The van der Waals surface area contributed by atoms with Gasteiger partial charge in [0.05, 0.1) is 0 Å². The molecule has 84 valence electrons. The van der Waals surface area contributed by atoms with Crippen LogP contribution < -0.4 is 0 Å². The first-order valence-electron chi connectivity index (χ1n) is 3.91. The summed E-state index contributed by atoms with van der Waals surface area (Å²) in [6, 6.07) is 0. The second-order valence-electron chi connectivity index (χ2n) is 2.00. The van der Waals surface area contributed by atoms with Gasteiger partial charge in [0.15, 0.2) is 0 Å². The maximum atomic E-state index is 7.75. The van der Waals surface area contributed by atoms with Gasteiger partial charge in [0.2, 0.25) is 0 Å². The molecule has 0 bridgehead atoms. The minimum absolute atomic E-state index is 0. The Bertz CT molecular complexity index is 116. The van der Waals surface area contributed by atoms with Gasteiger partial charge in [-0.1, -0.05) is 25.0 Å². The summed E-state index contributed by atoms with van der Waals surface area (Å²) >= 11 is 0. The first kappa shape index (κ1) is 23.7. The van der Waals surface area contributed by atoms with E-state index in [1.165, 1.54) is 19.3 Å². The molecular formula is C11H14O3Ru. The number of hydrogen-bond acceptors (Lipinski definition) is 3. The quantitative estimate of drug-likeness (QED) is 0.295. The second-order valence-corrected chi connectivity index (χ2v) is 2.00. The molecule has 0 heterocycles. The molecule has 0 radical (unpaired) electrons. The van der Waals surface area contributed by atoms with Crippen LogP contribution in [0.5, 0.6) is 0 Å². The monoisotopic (exact) mass is 296 g/mol. The third-order valence-corrected chi connectivity index (χ3v) is 1.24. The first-order valence-corrected chi connectivity index (χ1v) is 3.91.